The second-order valence-corrected chi connectivity index (χ2v) is 17.5. The van der Waals surface area contributed by atoms with Crippen LogP contribution in [0.2, 0.25) is 0 Å². The highest BCUT2D eigenvalue weighted by Gasteiger charge is 2.30. The van der Waals surface area contributed by atoms with Gasteiger partial charge >= 0.3 is 0 Å². The molecule has 11 aromatic rings. The van der Waals surface area contributed by atoms with E-state index in [1.807, 2.05) is 23.5 Å². The van der Waals surface area contributed by atoms with Gasteiger partial charge in [-0.15, -0.1) is 11.3 Å². The molecule has 1 aliphatic carbocycles. The largest absolute Gasteiger partial charge is 0.456 e. The van der Waals surface area contributed by atoms with Crippen LogP contribution in [0.25, 0.3) is 81.6 Å². The number of fused-ring (bicyclic) bond motifs is 7. The number of nitrogens with zero attached hydrogens (tertiary/aromatic N) is 1. The Bertz CT molecular complexity index is 3500. The first-order valence-electron chi connectivity index (χ1n) is 21.4. The first-order chi connectivity index (χ1) is 30.7. The number of para-hydroxylation sites is 3. The summed E-state index contributed by atoms with van der Waals surface area (Å²) < 4.78 is 8.92. The fourth-order valence-electron chi connectivity index (χ4n) is 9.99. The maximum Gasteiger partial charge on any atom is 0.135 e. The molecule has 0 spiro atoms. The van der Waals surface area contributed by atoms with Gasteiger partial charge in [0.2, 0.25) is 0 Å². The standard InChI is InChI=1S/C59H41NOS/c1-38-29-30-41-17-13-23-48(58(41)57(38)40-15-3-2-4-16-40)46-19-6-10-25-52(46)60(43-34-31-39(32-35-43)45-22-14-28-56-59(45)49-21-8-12-27-55(49)62-56)51-24-9-5-18-44(51)42-33-36-54-50(37-42)47-20-7-11-26-53(47)61-54/h2-38,57H,1H3. The van der Waals surface area contributed by atoms with Crippen molar-refractivity contribution in [2.75, 3.05) is 4.90 Å². The van der Waals surface area contributed by atoms with Crippen LogP contribution in [0.5, 0.6) is 0 Å². The Labute approximate surface area is 365 Å². The van der Waals surface area contributed by atoms with Crippen molar-refractivity contribution in [2.45, 2.75) is 12.8 Å². The average molecular weight is 812 g/mol. The fourth-order valence-corrected chi connectivity index (χ4v) is 11.1. The molecule has 9 aromatic carbocycles. The lowest BCUT2D eigenvalue weighted by molar-refractivity contribution is 0.620. The first-order valence-corrected chi connectivity index (χ1v) is 22.3. The summed E-state index contributed by atoms with van der Waals surface area (Å²) in [5, 5.41) is 4.87. The highest BCUT2D eigenvalue weighted by Crippen LogP contribution is 2.50. The van der Waals surface area contributed by atoms with E-state index in [4.69, 9.17) is 4.42 Å². The van der Waals surface area contributed by atoms with Gasteiger partial charge in [-0.2, -0.15) is 0 Å². The SMILES string of the molecule is CC1C=Cc2cccc(-c3ccccc3N(c3ccc(-c4cccc5sc6ccccc6c45)cc3)c3ccccc3-c3ccc4oc5ccccc5c4c3)c2C1c1ccccc1. The van der Waals surface area contributed by atoms with E-state index in [9.17, 15) is 0 Å². The molecule has 0 saturated carbocycles. The normalized spacial score (nSPS) is 14.8. The molecule has 0 aliphatic heterocycles. The third kappa shape index (κ3) is 6.00. The lowest BCUT2D eigenvalue weighted by Crippen LogP contribution is -2.17. The van der Waals surface area contributed by atoms with Crippen molar-refractivity contribution in [2.24, 2.45) is 5.92 Å². The molecule has 0 radical (unpaired) electrons. The Balaban J connectivity index is 1.07. The van der Waals surface area contributed by atoms with E-state index in [-0.39, 0.29) is 5.92 Å². The van der Waals surface area contributed by atoms with Crippen molar-refractivity contribution in [3.8, 4) is 33.4 Å². The number of thiophene rings is 1. The zero-order chi connectivity index (χ0) is 41.1. The van der Waals surface area contributed by atoms with Crippen molar-refractivity contribution in [1.82, 2.24) is 0 Å². The topological polar surface area (TPSA) is 16.4 Å². The van der Waals surface area contributed by atoms with Crippen LogP contribution in [0.1, 0.15) is 29.5 Å². The number of hydrogen-bond acceptors (Lipinski definition) is 3. The highest BCUT2D eigenvalue weighted by atomic mass is 32.1. The lowest BCUT2D eigenvalue weighted by atomic mass is 9.73. The van der Waals surface area contributed by atoms with E-state index in [1.54, 1.807) is 0 Å². The van der Waals surface area contributed by atoms with E-state index >= 15 is 0 Å². The summed E-state index contributed by atoms with van der Waals surface area (Å²) >= 11 is 1.86. The minimum Gasteiger partial charge on any atom is -0.456 e. The molecular weight excluding hydrogens is 771 g/mol. The number of allylic oxidation sites excluding steroid dienone is 1. The van der Waals surface area contributed by atoms with Gasteiger partial charge in [0.1, 0.15) is 11.2 Å². The number of rotatable bonds is 7. The molecular formula is C59H41NOS. The molecule has 2 nitrogen and oxygen atoms in total. The fraction of sp³-hybridized carbons (Fsp3) is 0.0508. The number of anilines is 3. The molecule has 2 heterocycles. The maximum absolute atomic E-state index is 6.30. The predicted octanol–water partition coefficient (Wildman–Crippen LogP) is 17.2. The molecule has 0 bridgehead atoms. The first kappa shape index (κ1) is 36.4. The summed E-state index contributed by atoms with van der Waals surface area (Å²) in [5.74, 6) is 0.550. The maximum atomic E-state index is 6.30. The Morgan fingerprint density at radius 2 is 1.10 bits per heavy atom. The third-order valence-electron chi connectivity index (χ3n) is 12.8. The smallest absolute Gasteiger partial charge is 0.135 e. The minimum atomic E-state index is 0.216. The Kier molecular flexibility index (Phi) is 8.76. The Morgan fingerprint density at radius 1 is 0.468 bits per heavy atom. The monoisotopic (exact) mass is 811 g/mol. The van der Waals surface area contributed by atoms with E-state index in [0.717, 1.165) is 50.1 Å². The van der Waals surface area contributed by atoms with Gasteiger partial charge in [0.25, 0.3) is 0 Å². The highest BCUT2D eigenvalue weighted by molar-refractivity contribution is 7.25. The van der Waals surface area contributed by atoms with Gasteiger partial charge in [-0.25, -0.2) is 0 Å². The number of hydrogen-bond donors (Lipinski definition) is 0. The summed E-state index contributed by atoms with van der Waals surface area (Å²) in [4.78, 5) is 2.48. The summed E-state index contributed by atoms with van der Waals surface area (Å²) in [7, 11) is 0. The lowest BCUT2D eigenvalue weighted by Gasteiger charge is -2.33. The minimum absolute atomic E-state index is 0.216. The van der Waals surface area contributed by atoms with Crippen LogP contribution in [0, 0.1) is 5.92 Å². The van der Waals surface area contributed by atoms with Gasteiger partial charge in [-0.05, 0) is 99.5 Å². The number of furan rings is 1. The second-order valence-electron chi connectivity index (χ2n) is 16.4. The average Bonchev–Trinajstić information content (AvgIpc) is 3.91. The molecule has 2 unspecified atom stereocenters. The van der Waals surface area contributed by atoms with Gasteiger partial charge in [-0.3, -0.25) is 0 Å². The third-order valence-corrected chi connectivity index (χ3v) is 14.0. The molecule has 0 N–H and O–H groups in total. The molecule has 62 heavy (non-hydrogen) atoms. The van der Waals surface area contributed by atoms with Gasteiger partial charge in [-0.1, -0.05) is 171 Å². The van der Waals surface area contributed by atoms with Crippen molar-refractivity contribution < 1.29 is 4.42 Å². The molecule has 0 fully saturated rings. The van der Waals surface area contributed by atoms with E-state index in [0.29, 0.717) is 5.92 Å². The summed E-state index contributed by atoms with van der Waals surface area (Å²) in [5.41, 5.74) is 16.3. The van der Waals surface area contributed by atoms with Crippen LogP contribution in [0.15, 0.2) is 217 Å². The van der Waals surface area contributed by atoms with Gasteiger partial charge in [0.05, 0.1) is 11.4 Å². The molecule has 294 valence electrons. The Hall–Kier alpha value is -7.46. The van der Waals surface area contributed by atoms with Crippen LogP contribution in [-0.4, -0.2) is 0 Å². The van der Waals surface area contributed by atoms with Gasteiger partial charge in [0.15, 0.2) is 0 Å². The number of benzene rings is 9. The zero-order valence-corrected chi connectivity index (χ0v) is 35.0. The van der Waals surface area contributed by atoms with Crippen molar-refractivity contribution in [3.63, 3.8) is 0 Å². The molecule has 0 amide bonds. The van der Waals surface area contributed by atoms with Crippen LogP contribution in [0.3, 0.4) is 0 Å². The molecule has 2 aromatic heterocycles. The van der Waals surface area contributed by atoms with E-state index in [1.165, 1.54) is 59.1 Å². The Morgan fingerprint density at radius 3 is 1.95 bits per heavy atom. The molecule has 1 aliphatic rings. The summed E-state index contributed by atoms with van der Waals surface area (Å²) in [6.45, 7) is 2.35. The van der Waals surface area contributed by atoms with Crippen LogP contribution in [-0.2, 0) is 0 Å². The predicted molar refractivity (Wildman–Crippen MR) is 264 cm³/mol. The molecule has 2 atom stereocenters. The molecule has 3 heteroatoms. The van der Waals surface area contributed by atoms with Crippen molar-refractivity contribution in [3.05, 3.63) is 229 Å². The van der Waals surface area contributed by atoms with Crippen LogP contribution >= 0.6 is 11.3 Å². The second kappa shape index (κ2) is 14.9. The van der Waals surface area contributed by atoms with E-state index in [2.05, 4.69) is 218 Å². The summed E-state index contributed by atoms with van der Waals surface area (Å²) in [6.07, 6.45) is 4.70. The van der Waals surface area contributed by atoms with E-state index < -0.39 is 0 Å². The molecule has 0 saturated heterocycles. The van der Waals surface area contributed by atoms with Crippen LogP contribution in [0.4, 0.5) is 17.1 Å². The quantitative estimate of drug-likeness (QED) is 0.159. The van der Waals surface area contributed by atoms with Gasteiger partial charge in [0, 0.05) is 53.7 Å². The van der Waals surface area contributed by atoms with Crippen LogP contribution < -0.4 is 4.90 Å². The molecule has 12 rings (SSSR count). The summed E-state index contributed by atoms with van der Waals surface area (Å²) in [6, 6.07) is 75.3. The van der Waals surface area contributed by atoms with Crippen molar-refractivity contribution >= 4 is 76.6 Å². The van der Waals surface area contributed by atoms with Gasteiger partial charge < -0.3 is 9.32 Å². The zero-order valence-electron chi connectivity index (χ0n) is 34.2. The van der Waals surface area contributed by atoms with Crippen molar-refractivity contribution in [1.29, 1.82) is 0 Å².